The van der Waals surface area contributed by atoms with Crippen LogP contribution in [0.4, 0.5) is 0 Å². The lowest BCUT2D eigenvalue weighted by atomic mass is 10.3. The molecule has 0 fully saturated rings. The van der Waals surface area contributed by atoms with E-state index in [4.69, 9.17) is 0 Å². The third-order valence-electron chi connectivity index (χ3n) is 1.64. The fourth-order valence-corrected chi connectivity index (χ4v) is 1.06. The molecular formula is C8H8N4O. The first kappa shape index (κ1) is 7.72. The summed E-state index contributed by atoms with van der Waals surface area (Å²) in [5.74, 6) is 0.636. The Bertz CT molecular complexity index is 431. The monoisotopic (exact) mass is 176 g/mol. The van der Waals surface area contributed by atoms with Gasteiger partial charge < -0.3 is 4.98 Å². The molecule has 0 bridgehead atoms. The highest BCUT2D eigenvalue weighted by molar-refractivity contribution is 5.06. The van der Waals surface area contributed by atoms with Gasteiger partial charge in [-0.05, 0) is 6.07 Å². The summed E-state index contributed by atoms with van der Waals surface area (Å²) in [5, 5.41) is 6.59. The second-order valence-electron chi connectivity index (χ2n) is 2.64. The highest BCUT2D eigenvalue weighted by Gasteiger charge is 1.98. The number of aromatic amines is 2. The van der Waals surface area contributed by atoms with Crippen molar-refractivity contribution in [2.24, 2.45) is 0 Å². The van der Waals surface area contributed by atoms with Gasteiger partial charge in [-0.2, -0.15) is 5.10 Å². The molecule has 0 aliphatic rings. The van der Waals surface area contributed by atoms with Crippen LogP contribution in [0, 0.1) is 0 Å². The molecule has 0 aliphatic heterocycles. The summed E-state index contributed by atoms with van der Waals surface area (Å²) >= 11 is 0. The van der Waals surface area contributed by atoms with Crippen molar-refractivity contribution >= 4 is 0 Å². The smallest absolute Gasteiger partial charge is 0.250 e. The number of nitrogens with zero attached hydrogens (tertiary/aromatic N) is 2. The van der Waals surface area contributed by atoms with Crippen LogP contribution < -0.4 is 5.56 Å². The predicted molar refractivity (Wildman–Crippen MR) is 46.3 cm³/mol. The first-order chi connectivity index (χ1) is 6.34. The fraction of sp³-hybridized carbons (Fsp3) is 0.125. The Labute approximate surface area is 73.9 Å². The van der Waals surface area contributed by atoms with Crippen LogP contribution in [0.3, 0.4) is 0 Å². The van der Waals surface area contributed by atoms with Crippen molar-refractivity contribution in [2.75, 3.05) is 0 Å². The van der Waals surface area contributed by atoms with E-state index >= 15 is 0 Å². The second-order valence-corrected chi connectivity index (χ2v) is 2.64. The highest BCUT2D eigenvalue weighted by Crippen LogP contribution is 1.97. The highest BCUT2D eigenvalue weighted by atomic mass is 16.1. The Balaban J connectivity index is 2.24. The van der Waals surface area contributed by atoms with Crippen molar-refractivity contribution < 1.29 is 0 Å². The second kappa shape index (κ2) is 3.22. The van der Waals surface area contributed by atoms with Gasteiger partial charge in [-0.25, -0.2) is 4.98 Å². The van der Waals surface area contributed by atoms with E-state index < -0.39 is 0 Å². The van der Waals surface area contributed by atoms with Crippen LogP contribution in [0.2, 0.25) is 0 Å². The summed E-state index contributed by atoms with van der Waals surface area (Å²) in [6.07, 6.45) is 3.72. The predicted octanol–water partition coefficient (Wildman–Crippen LogP) is 0.0838. The van der Waals surface area contributed by atoms with Crippen molar-refractivity contribution in [2.45, 2.75) is 6.42 Å². The van der Waals surface area contributed by atoms with Crippen molar-refractivity contribution in [3.05, 3.63) is 46.4 Å². The van der Waals surface area contributed by atoms with Gasteiger partial charge in [0.05, 0.1) is 0 Å². The SMILES string of the molecule is O=c1ccnc(Cc2ccn[nH]2)[nH]1. The molecule has 2 aromatic rings. The van der Waals surface area contributed by atoms with Gasteiger partial charge in [0, 0.05) is 30.6 Å². The summed E-state index contributed by atoms with van der Waals surface area (Å²) in [6.45, 7) is 0. The topological polar surface area (TPSA) is 74.4 Å². The Morgan fingerprint density at radius 3 is 2.92 bits per heavy atom. The zero-order chi connectivity index (χ0) is 9.10. The Kier molecular flexibility index (Phi) is 1.91. The molecule has 2 rings (SSSR count). The zero-order valence-electron chi connectivity index (χ0n) is 6.82. The minimum atomic E-state index is -0.135. The molecule has 0 saturated carbocycles. The zero-order valence-corrected chi connectivity index (χ0v) is 6.82. The molecule has 0 unspecified atom stereocenters. The molecule has 2 aromatic heterocycles. The van der Waals surface area contributed by atoms with E-state index in [0.717, 1.165) is 5.69 Å². The summed E-state index contributed by atoms with van der Waals surface area (Å²) in [6, 6.07) is 3.23. The lowest BCUT2D eigenvalue weighted by Crippen LogP contribution is -2.09. The standard InChI is InChI=1S/C8H8N4O/c13-8-2-3-9-7(11-8)5-6-1-4-10-12-6/h1-4H,5H2,(H,10,12)(H,9,11,13). The molecule has 0 amide bonds. The Hall–Kier alpha value is -1.91. The molecule has 0 aliphatic carbocycles. The van der Waals surface area contributed by atoms with Crippen LogP contribution in [0.1, 0.15) is 11.5 Å². The molecule has 0 atom stereocenters. The van der Waals surface area contributed by atoms with Crippen LogP contribution in [0.5, 0.6) is 0 Å². The van der Waals surface area contributed by atoms with E-state index in [1.54, 1.807) is 6.20 Å². The normalized spacial score (nSPS) is 10.2. The molecule has 13 heavy (non-hydrogen) atoms. The minimum Gasteiger partial charge on any atom is -0.310 e. The summed E-state index contributed by atoms with van der Waals surface area (Å²) < 4.78 is 0. The maximum Gasteiger partial charge on any atom is 0.250 e. The molecule has 5 heteroatoms. The molecule has 2 heterocycles. The average molecular weight is 176 g/mol. The molecule has 0 saturated heterocycles. The van der Waals surface area contributed by atoms with Crippen LogP contribution in [0.25, 0.3) is 0 Å². The van der Waals surface area contributed by atoms with Crippen molar-refractivity contribution in [3.63, 3.8) is 0 Å². The average Bonchev–Trinajstić information content (AvgIpc) is 2.57. The molecule has 66 valence electrons. The molecule has 0 spiro atoms. The number of aromatic nitrogens is 4. The van der Waals surface area contributed by atoms with Gasteiger partial charge in [0.1, 0.15) is 5.82 Å². The van der Waals surface area contributed by atoms with Gasteiger partial charge in [-0.15, -0.1) is 0 Å². The van der Waals surface area contributed by atoms with E-state index in [1.807, 2.05) is 6.07 Å². The molecular weight excluding hydrogens is 168 g/mol. The van der Waals surface area contributed by atoms with Gasteiger partial charge in [-0.3, -0.25) is 9.89 Å². The third kappa shape index (κ3) is 1.81. The Morgan fingerprint density at radius 2 is 2.23 bits per heavy atom. The number of nitrogens with one attached hydrogen (secondary N) is 2. The summed E-state index contributed by atoms with van der Waals surface area (Å²) in [7, 11) is 0. The van der Waals surface area contributed by atoms with Crippen molar-refractivity contribution in [3.8, 4) is 0 Å². The number of hydrogen-bond donors (Lipinski definition) is 2. The van der Waals surface area contributed by atoms with Crippen LogP contribution in [0.15, 0.2) is 29.3 Å². The fourth-order valence-electron chi connectivity index (χ4n) is 1.06. The van der Waals surface area contributed by atoms with Crippen LogP contribution in [-0.4, -0.2) is 20.2 Å². The van der Waals surface area contributed by atoms with E-state index in [9.17, 15) is 4.79 Å². The lowest BCUT2D eigenvalue weighted by Gasteiger charge is -1.95. The lowest BCUT2D eigenvalue weighted by molar-refractivity contribution is 0.903. The van der Waals surface area contributed by atoms with Gasteiger partial charge >= 0.3 is 0 Å². The van der Waals surface area contributed by atoms with E-state index in [2.05, 4.69) is 20.2 Å². The third-order valence-corrected chi connectivity index (χ3v) is 1.64. The maximum absolute atomic E-state index is 10.9. The first-order valence-corrected chi connectivity index (χ1v) is 3.87. The van der Waals surface area contributed by atoms with E-state index in [-0.39, 0.29) is 5.56 Å². The number of hydrogen-bond acceptors (Lipinski definition) is 3. The largest absolute Gasteiger partial charge is 0.310 e. The first-order valence-electron chi connectivity index (χ1n) is 3.87. The molecule has 2 N–H and O–H groups in total. The quantitative estimate of drug-likeness (QED) is 0.680. The van der Waals surface area contributed by atoms with Crippen LogP contribution >= 0.6 is 0 Å². The van der Waals surface area contributed by atoms with Crippen molar-refractivity contribution in [1.82, 2.24) is 20.2 Å². The minimum absolute atomic E-state index is 0.135. The Morgan fingerprint density at radius 1 is 1.31 bits per heavy atom. The van der Waals surface area contributed by atoms with E-state index in [0.29, 0.717) is 12.2 Å². The van der Waals surface area contributed by atoms with Crippen molar-refractivity contribution in [1.29, 1.82) is 0 Å². The van der Waals surface area contributed by atoms with Gasteiger partial charge in [-0.1, -0.05) is 0 Å². The summed E-state index contributed by atoms with van der Waals surface area (Å²) in [5.41, 5.74) is 0.791. The maximum atomic E-state index is 10.9. The van der Waals surface area contributed by atoms with Gasteiger partial charge in [0.15, 0.2) is 0 Å². The molecule has 5 nitrogen and oxygen atoms in total. The van der Waals surface area contributed by atoms with Gasteiger partial charge in [0.25, 0.3) is 5.56 Å². The molecule has 0 aromatic carbocycles. The van der Waals surface area contributed by atoms with E-state index in [1.165, 1.54) is 12.3 Å². The summed E-state index contributed by atoms with van der Waals surface area (Å²) in [4.78, 5) is 17.5. The number of rotatable bonds is 2. The number of H-pyrrole nitrogens is 2. The van der Waals surface area contributed by atoms with Gasteiger partial charge in [0.2, 0.25) is 0 Å². The van der Waals surface area contributed by atoms with Crippen LogP contribution in [-0.2, 0) is 6.42 Å². The molecule has 0 radical (unpaired) electrons.